The molecule has 1 N–H and O–H groups in total. The van der Waals surface area contributed by atoms with Crippen LogP contribution in [0.3, 0.4) is 0 Å². The fraction of sp³-hybridized carbons (Fsp3) is 0.417. The summed E-state index contributed by atoms with van der Waals surface area (Å²) in [4.78, 5) is 12.7. The molecule has 1 aromatic carbocycles. The van der Waals surface area contributed by atoms with Gasteiger partial charge >= 0.3 is 5.97 Å². The predicted octanol–water partition coefficient (Wildman–Crippen LogP) is 0.982. The zero-order valence-corrected chi connectivity index (χ0v) is 11.1. The highest BCUT2D eigenvalue weighted by atomic mass is 32.2. The molecule has 5 nitrogen and oxygen atoms in total. The zero-order chi connectivity index (χ0) is 13.5. The van der Waals surface area contributed by atoms with Crippen LogP contribution in [-0.4, -0.2) is 38.3 Å². The highest BCUT2D eigenvalue weighted by molar-refractivity contribution is 7.91. The molecule has 6 heteroatoms. The molecule has 0 aliphatic carbocycles. The molecule has 1 aliphatic heterocycles. The Morgan fingerprint density at radius 3 is 2.67 bits per heavy atom. The van der Waals surface area contributed by atoms with Crippen molar-refractivity contribution in [2.45, 2.75) is 18.7 Å². The molecular weight excluding hydrogens is 254 g/mol. The lowest BCUT2D eigenvalue weighted by Crippen LogP contribution is -2.39. The largest absolute Gasteiger partial charge is 0.480 e. The summed E-state index contributed by atoms with van der Waals surface area (Å²) in [5.74, 6) is -0.989. The van der Waals surface area contributed by atoms with E-state index in [1.54, 1.807) is 24.0 Å². The number of hydrogen-bond acceptors (Lipinski definition) is 4. The number of carboxylic acids is 1. The van der Waals surface area contributed by atoms with E-state index in [4.69, 9.17) is 5.11 Å². The van der Waals surface area contributed by atoms with Crippen molar-refractivity contribution >= 4 is 21.5 Å². The number of carbonyl (C=O) groups is 1. The Bertz CT molecular complexity index is 607. The number of anilines is 1. The van der Waals surface area contributed by atoms with E-state index >= 15 is 0 Å². The number of carboxylic acid groups (broad SMARTS) is 1. The summed E-state index contributed by atoms with van der Waals surface area (Å²) in [6.45, 7) is 3.66. The third-order valence-corrected chi connectivity index (χ3v) is 4.88. The molecule has 0 bridgehead atoms. The first-order valence-corrected chi connectivity index (χ1v) is 7.27. The van der Waals surface area contributed by atoms with Gasteiger partial charge in [0.1, 0.15) is 6.54 Å². The fourth-order valence-electron chi connectivity index (χ4n) is 2.35. The molecule has 0 aromatic heterocycles. The van der Waals surface area contributed by atoms with Gasteiger partial charge in [0.2, 0.25) is 0 Å². The topological polar surface area (TPSA) is 74.7 Å². The van der Waals surface area contributed by atoms with Crippen LogP contribution in [0, 0.1) is 13.8 Å². The van der Waals surface area contributed by atoms with E-state index in [2.05, 4.69) is 0 Å². The highest BCUT2D eigenvalue weighted by Crippen LogP contribution is 2.34. The van der Waals surface area contributed by atoms with Gasteiger partial charge < -0.3 is 10.0 Å². The van der Waals surface area contributed by atoms with Gasteiger partial charge in [-0.25, -0.2) is 8.42 Å². The monoisotopic (exact) mass is 269 g/mol. The molecule has 2 rings (SSSR count). The van der Waals surface area contributed by atoms with E-state index in [1.165, 1.54) is 0 Å². The molecule has 1 aliphatic rings. The summed E-state index contributed by atoms with van der Waals surface area (Å²) in [6, 6.07) is 3.54. The molecule has 0 radical (unpaired) electrons. The molecule has 98 valence electrons. The maximum Gasteiger partial charge on any atom is 0.323 e. The summed E-state index contributed by atoms with van der Waals surface area (Å²) >= 11 is 0. The molecular formula is C12H15NO4S. The van der Waals surface area contributed by atoms with Crippen molar-refractivity contribution in [2.24, 2.45) is 0 Å². The van der Waals surface area contributed by atoms with Crippen molar-refractivity contribution in [3.8, 4) is 0 Å². The summed E-state index contributed by atoms with van der Waals surface area (Å²) in [7, 11) is -3.29. The van der Waals surface area contributed by atoms with Crippen LogP contribution >= 0.6 is 0 Å². The minimum atomic E-state index is -3.29. The van der Waals surface area contributed by atoms with Gasteiger partial charge in [0.25, 0.3) is 0 Å². The van der Waals surface area contributed by atoms with Crippen molar-refractivity contribution in [2.75, 3.05) is 23.7 Å². The van der Waals surface area contributed by atoms with Gasteiger partial charge in [-0.15, -0.1) is 0 Å². The van der Waals surface area contributed by atoms with E-state index in [0.29, 0.717) is 11.3 Å². The quantitative estimate of drug-likeness (QED) is 0.866. The first-order valence-electron chi connectivity index (χ1n) is 5.62. The number of hydrogen-bond donors (Lipinski definition) is 1. The van der Waals surface area contributed by atoms with Crippen molar-refractivity contribution in [1.29, 1.82) is 0 Å². The van der Waals surface area contributed by atoms with Crippen LogP contribution in [0.2, 0.25) is 0 Å². The van der Waals surface area contributed by atoms with E-state index in [-0.39, 0.29) is 23.7 Å². The van der Waals surface area contributed by atoms with Crippen LogP contribution in [0.5, 0.6) is 0 Å². The van der Waals surface area contributed by atoms with Gasteiger partial charge in [-0.3, -0.25) is 4.79 Å². The van der Waals surface area contributed by atoms with Crippen LogP contribution in [-0.2, 0) is 14.6 Å². The predicted molar refractivity (Wildman–Crippen MR) is 67.8 cm³/mol. The van der Waals surface area contributed by atoms with E-state index in [1.807, 2.05) is 6.92 Å². The number of rotatable bonds is 2. The second kappa shape index (κ2) is 4.28. The zero-order valence-electron chi connectivity index (χ0n) is 10.3. The third kappa shape index (κ3) is 2.20. The Labute approximate surface area is 106 Å². The molecule has 1 heterocycles. The van der Waals surface area contributed by atoms with Crippen molar-refractivity contribution < 1.29 is 18.3 Å². The summed E-state index contributed by atoms with van der Waals surface area (Å²) in [5.41, 5.74) is 2.12. The Morgan fingerprint density at radius 2 is 2.06 bits per heavy atom. The second-order valence-electron chi connectivity index (χ2n) is 4.56. The van der Waals surface area contributed by atoms with E-state index < -0.39 is 15.8 Å². The number of aryl methyl sites for hydroxylation is 2. The average molecular weight is 269 g/mol. The van der Waals surface area contributed by atoms with Gasteiger partial charge in [-0.1, -0.05) is 6.07 Å². The lowest BCUT2D eigenvalue weighted by Gasteiger charge is -2.31. The Balaban J connectivity index is 2.62. The lowest BCUT2D eigenvalue weighted by molar-refractivity contribution is -0.135. The Kier molecular flexibility index (Phi) is 3.06. The minimum Gasteiger partial charge on any atom is -0.480 e. The molecule has 0 spiro atoms. The smallest absolute Gasteiger partial charge is 0.323 e. The molecule has 1 aromatic rings. The summed E-state index contributed by atoms with van der Waals surface area (Å²) in [6.07, 6.45) is 0. The lowest BCUT2D eigenvalue weighted by atomic mass is 10.1. The van der Waals surface area contributed by atoms with Gasteiger partial charge in [-0.05, 0) is 31.0 Å². The minimum absolute atomic E-state index is 0.0306. The summed E-state index contributed by atoms with van der Waals surface area (Å²) < 4.78 is 24.1. The number of nitrogens with zero attached hydrogens (tertiary/aromatic N) is 1. The first-order chi connectivity index (χ1) is 8.31. The van der Waals surface area contributed by atoms with Crippen LogP contribution < -0.4 is 4.90 Å². The van der Waals surface area contributed by atoms with E-state index in [9.17, 15) is 13.2 Å². The first kappa shape index (κ1) is 12.9. The van der Waals surface area contributed by atoms with Crippen LogP contribution in [0.15, 0.2) is 17.0 Å². The fourth-order valence-corrected chi connectivity index (χ4v) is 4.07. The second-order valence-corrected chi connectivity index (χ2v) is 6.61. The Morgan fingerprint density at radius 1 is 1.39 bits per heavy atom. The van der Waals surface area contributed by atoms with Gasteiger partial charge in [0.05, 0.1) is 16.3 Å². The molecule has 0 atom stereocenters. The van der Waals surface area contributed by atoms with Crippen LogP contribution in [0.1, 0.15) is 11.1 Å². The van der Waals surface area contributed by atoms with Crippen LogP contribution in [0.25, 0.3) is 0 Å². The van der Waals surface area contributed by atoms with Crippen molar-refractivity contribution in [3.63, 3.8) is 0 Å². The number of benzene rings is 1. The maximum atomic E-state index is 12.1. The molecule has 0 saturated carbocycles. The van der Waals surface area contributed by atoms with Crippen molar-refractivity contribution in [3.05, 3.63) is 23.3 Å². The molecule has 0 fully saturated rings. The molecule has 18 heavy (non-hydrogen) atoms. The number of aliphatic carboxylic acids is 1. The Hall–Kier alpha value is -1.56. The number of fused-ring (bicyclic) bond motifs is 1. The maximum absolute atomic E-state index is 12.1. The van der Waals surface area contributed by atoms with Gasteiger partial charge in [-0.2, -0.15) is 0 Å². The molecule has 0 unspecified atom stereocenters. The van der Waals surface area contributed by atoms with Gasteiger partial charge in [0, 0.05) is 6.54 Å². The average Bonchev–Trinajstić information content (AvgIpc) is 2.20. The van der Waals surface area contributed by atoms with Crippen LogP contribution in [0.4, 0.5) is 5.69 Å². The van der Waals surface area contributed by atoms with E-state index in [0.717, 1.165) is 5.56 Å². The normalized spacial score (nSPS) is 17.3. The third-order valence-electron chi connectivity index (χ3n) is 3.01. The van der Waals surface area contributed by atoms with Crippen molar-refractivity contribution in [1.82, 2.24) is 0 Å². The molecule has 0 saturated heterocycles. The molecule has 0 amide bonds. The summed E-state index contributed by atoms with van der Waals surface area (Å²) in [5, 5.41) is 8.87. The highest BCUT2D eigenvalue weighted by Gasteiger charge is 2.30. The number of sulfone groups is 1. The SMILES string of the molecule is Cc1cc(C)c2c(c1)N(CC(=O)O)CCS2(=O)=O. The standard InChI is InChI=1S/C12H15NO4S/c1-8-5-9(2)12-10(6-8)13(7-11(14)15)3-4-18(12,16)17/h5-6H,3-4,7H2,1-2H3,(H,14,15). The van der Waals surface area contributed by atoms with Gasteiger partial charge in [0.15, 0.2) is 9.84 Å².